The van der Waals surface area contributed by atoms with Crippen LogP contribution in [0.25, 0.3) is 10.8 Å². The summed E-state index contributed by atoms with van der Waals surface area (Å²) in [4.78, 5) is 22.5. The minimum Gasteiger partial charge on any atom is -0.383 e. The maximum absolute atomic E-state index is 12.8. The zero-order chi connectivity index (χ0) is 22.0. The standard InChI is InChI=1S/C21H22N6O3S/c22-19(14-4-2-1-3-5-14)25-13-27-11-9-18(21(27)28)26-31(29,30)16-6-7-17-15(12-16)8-10-24-20(17)23/h1-8,10,12,18,26H,9,11,13H2,(H2,22,25)(H2,23,24)/t18-/m0/s1. The Morgan fingerprint density at radius 2 is 1.97 bits per heavy atom. The summed E-state index contributed by atoms with van der Waals surface area (Å²) in [6.45, 7) is 0.456. The molecule has 0 bridgehead atoms. The summed E-state index contributed by atoms with van der Waals surface area (Å²) in [6.07, 6.45) is 1.87. The number of aliphatic imine (C=N–C) groups is 1. The lowest BCUT2D eigenvalue weighted by atomic mass is 10.2. The van der Waals surface area contributed by atoms with Gasteiger partial charge in [-0.2, -0.15) is 4.72 Å². The number of hydrogen-bond acceptors (Lipinski definition) is 6. The van der Waals surface area contributed by atoms with Crippen molar-refractivity contribution >= 4 is 38.4 Å². The zero-order valence-electron chi connectivity index (χ0n) is 16.6. The number of anilines is 1. The van der Waals surface area contributed by atoms with Gasteiger partial charge in [-0.25, -0.2) is 18.4 Å². The molecule has 9 nitrogen and oxygen atoms in total. The first-order valence-corrected chi connectivity index (χ1v) is 11.1. The Morgan fingerprint density at radius 3 is 2.74 bits per heavy atom. The smallest absolute Gasteiger partial charge is 0.242 e. The lowest BCUT2D eigenvalue weighted by molar-refractivity contribution is -0.128. The minimum absolute atomic E-state index is 0.0585. The average Bonchev–Trinajstić information content (AvgIpc) is 3.11. The van der Waals surface area contributed by atoms with E-state index in [1.165, 1.54) is 23.2 Å². The monoisotopic (exact) mass is 438 g/mol. The van der Waals surface area contributed by atoms with Crippen molar-refractivity contribution in [3.63, 3.8) is 0 Å². The predicted octanol–water partition coefficient (Wildman–Crippen LogP) is 1.06. The van der Waals surface area contributed by atoms with E-state index in [0.717, 1.165) is 5.56 Å². The average molecular weight is 439 g/mol. The molecule has 1 aromatic heterocycles. The van der Waals surface area contributed by atoms with Gasteiger partial charge in [-0.05, 0) is 36.1 Å². The number of aromatic nitrogens is 1. The fourth-order valence-electron chi connectivity index (χ4n) is 3.45. The fraction of sp³-hybridized carbons (Fsp3) is 0.190. The van der Waals surface area contributed by atoms with Crippen molar-refractivity contribution in [3.8, 4) is 0 Å². The van der Waals surface area contributed by atoms with Gasteiger partial charge < -0.3 is 16.4 Å². The second-order valence-corrected chi connectivity index (χ2v) is 8.91. The number of amidine groups is 1. The van der Waals surface area contributed by atoms with E-state index in [0.29, 0.717) is 35.4 Å². The summed E-state index contributed by atoms with van der Waals surface area (Å²) < 4.78 is 28.2. The van der Waals surface area contributed by atoms with E-state index in [9.17, 15) is 13.2 Å². The zero-order valence-corrected chi connectivity index (χ0v) is 17.4. The molecule has 1 amide bonds. The van der Waals surface area contributed by atoms with Crippen LogP contribution in [0.2, 0.25) is 0 Å². The molecule has 0 radical (unpaired) electrons. The Bertz CT molecular complexity index is 1260. The van der Waals surface area contributed by atoms with Crippen molar-refractivity contribution in [2.75, 3.05) is 18.9 Å². The summed E-state index contributed by atoms with van der Waals surface area (Å²) in [5.74, 6) is 0.316. The van der Waals surface area contributed by atoms with Crippen LogP contribution in [0.4, 0.5) is 5.82 Å². The van der Waals surface area contributed by atoms with Crippen molar-refractivity contribution in [2.24, 2.45) is 10.7 Å². The first kappa shape index (κ1) is 20.8. The summed E-state index contributed by atoms with van der Waals surface area (Å²) in [7, 11) is -3.90. The molecule has 1 aliphatic heterocycles. The lowest BCUT2D eigenvalue weighted by Crippen LogP contribution is -2.41. The quantitative estimate of drug-likeness (QED) is 0.388. The second-order valence-electron chi connectivity index (χ2n) is 7.19. The second kappa shape index (κ2) is 8.32. The van der Waals surface area contributed by atoms with E-state index >= 15 is 0 Å². The van der Waals surface area contributed by atoms with E-state index < -0.39 is 16.1 Å². The molecule has 2 aromatic carbocycles. The van der Waals surface area contributed by atoms with E-state index in [-0.39, 0.29) is 17.5 Å². The van der Waals surface area contributed by atoms with Gasteiger partial charge in [0.15, 0.2) is 0 Å². The normalized spacial score (nSPS) is 17.4. The first-order valence-electron chi connectivity index (χ1n) is 9.66. The van der Waals surface area contributed by atoms with Crippen LogP contribution < -0.4 is 16.2 Å². The largest absolute Gasteiger partial charge is 0.383 e. The highest BCUT2D eigenvalue weighted by Gasteiger charge is 2.34. The lowest BCUT2D eigenvalue weighted by Gasteiger charge is -2.16. The van der Waals surface area contributed by atoms with E-state index in [1.54, 1.807) is 12.1 Å². The van der Waals surface area contributed by atoms with Crippen LogP contribution in [0, 0.1) is 0 Å². The third-order valence-corrected chi connectivity index (χ3v) is 6.62. The van der Waals surface area contributed by atoms with Crippen molar-refractivity contribution in [1.82, 2.24) is 14.6 Å². The molecule has 0 unspecified atom stereocenters. The summed E-state index contributed by atoms with van der Waals surface area (Å²) in [6, 6.07) is 14.6. The predicted molar refractivity (Wildman–Crippen MR) is 119 cm³/mol. The molecule has 0 spiro atoms. The number of benzene rings is 2. The molecule has 160 valence electrons. The molecule has 10 heteroatoms. The van der Waals surface area contributed by atoms with Gasteiger partial charge in [0, 0.05) is 23.7 Å². The number of nitrogens with zero attached hydrogens (tertiary/aromatic N) is 3. The Hall–Kier alpha value is -3.50. The van der Waals surface area contributed by atoms with Gasteiger partial charge in [0.05, 0.1) is 4.90 Å². The van der Waals surface area contributed by atoms with Crippen LogP contribution in [-0.2, 0) is 14.8 Å². The van der Waals surface area contributed by atoms with Crippen LogP contribution in [0.15, 0.2) is 70.7 Å². The maximum Gasteiger partial charge on any atom is 0.242 e. The number of carbonyl (C=O) groups excluding carboxylic acids is 1. The molecule has 3 aromatic rings. The molecule has 0 saturated carbocycles. The van der Waals surface area contributed by atoms with E-state index in [1.807, 2.05) is 30.3 Å². The number of pyridine rings is 1. The van der Waals surface area contributed by atoms with Crippen molar-refractivity contribution in [3.05, 3.63) is 66.4 Å². The van der Waals surface area contributed by atoms with E-state index in [4.69, 9.17) is 11.5 Å². The number of nitrogen functional groups attached to an aromatic ring is 1. The molecule has 1 saturated heterocycles. The molecule has 1 atom stereocenters. The van der Waals surface area contributed by atoms with Crippen LogP contribution in [0.1, 0.15) is 12.0 Å². The Balaban J connectivity index is 1.45. The molecule has 4 rings (SSSR count). The minimum atomic E-state index is -3.90. The number of sulfonamides is 1. The number of nitrogens with one attached hydrogen (secondary N) is 1. The first-order chi connectivity index (χ1) is 14.8. The van der Waals surface area contributed by atoms with Gasteiger partial charge in [-0.3, -0.25) is 4.79 Å². The van der Waals surface area contributed by atoms with Gasteiger partial charge in [0.2, 0.25) is 15.9 Å². The highest BCUT2D eigenvalue weighted by atomic mass is 32.2. The summed E-state index contributed by atoms with van der Waals surface area (Å²) in [5, 5.41) is 1.32. The van der Waals surface area contributed by atoms with Gasteiger partial charge in [0.25, 0.3) is 0 Å². The maximum atomic E-state index is 12.8. The molecule has 5 N–H and O–H groups in total. The van der Waals surface area contributed by atoms with Crippen LogP contribution in [0.3, 0.4) is 0 Å². The molecular formula is C21H22N6O3S. The number of likely N-dealkylation sites (tertiary alicyclic amines) is 1. The van der Waals surface area contributed by atoms with Crippen LogP contribution in [-0.4, -0.2) is 49.3 Å². The van der Waals surface area contributed by atoms with Gasteiger partial charge in [0.1, 0.15) is 24.4 Å². The Kier molecular flexibility index (Phi) is 5.57. The number of fused-ring (bicyclic) bond motifs is 1. The SMILES string of the molecule is NC(=NCN1CC[C@H](NS(=O)(=O)c2ccc3c(N)nccc3c2)C1=O)c1ccccc1. The number of rotatable bonds is 6. The van der Waals surface area contributed by atoms with E-state index in [2.05, 4.69) is 14.7 Å². The number of carbonyl (C=O) groups is 1. The third-order valence-electron chi connectivity index (χ3n) is 5.15. The highest BCUT2D eigenvalue weighted by molar-refractivity contribution is 7.89. The highest BCUT2D eigenvalue weighted by Crippen LogP contribution is 2.23. The topological polar surface area (TPSA) is 144 Å². The van der Waals surface area contributed by atoms with Crippen LogP contribution >= 0.6 is 0 Å². The summed E-state index contributed by atoms with van der Waals surface area (Å²) >= 11 is 0. The molecule has 1 aliphatic rings. The number of nitrogens with two attached hydrogens (primary N) is 2. The van der Waals surface area contributed by atoms with Gasteiger partial charge in [-0.1, -0.05) is 30.3 Å². The van der Waals surface area contributed by atoms with Crippen molar-refractivity contribution in [2.45, 2.75) is 17.4 Å². The molecule has 1 fully saturated rings. The van der Waals surface area contributed by atoms with Gasteiger partial charge >= 0.3 is 0 Å². The Morgan fingerprint density at radius 1 is 1.19 bits per heavy atom. The summed E-state index contributed by atoms with van der Waals surface area (Å²) in [5.41, 5.74) is 12.6. The van der Waals surface area contributed by atoms with Crippen molar-refractivity contribution in [1.29, 1.82) is 0 Å². The molecule has 2 heterocycles. The Labute approximate surface area is 179 Å². The number of hydrogen-bond donors (Lipinski definition) is 3. The molecular weight excluding hydrogens is 416 g/mol. The number of amides is 1. The third kappa shape index (κ3) is 4.35. The van der Waals surface area contributed by atoms with Gasteiger partial charge in [-0.15, -0.1) is 0 Å². The van der Waals surface area contributed by atoms with Crippen molar-refractivity contribution < 1.29 is 13.2 Å². The van der Waals surface area contributed by atoms with Crippen LogP contribution in [0.5, 0.6) is 0 Å². The molecule has 31 heavy (non-hydrogen) atoms. The fourth-order valence-corrected chi connectivity index (χ4v) is 4.71. The molecule has 0 aliphatic carbocycles.